The molecule has 0 aliphatic carbocycles. The Hall–Kier alpha value is -1.64. The number of aromatic nitrogens is 3. The van der Waals surface area contributed by atoms with Crippen LogP contribution in [0.2, 0.25) is 0 Å². The normalized spacial score (nSPS) is 10.2. The summed E-state index contributed by atoms with van der Waals surface area (Å²) in [5.74, 6) is 0. The van der Waals surface area contributed by atoms with Gasteiger partial charge in [0, 0.05) is 24.2 Å². The Morgan fingerprint density at radius 1 is 1.45 bits per heavy atom. The second-order valence-corrected chi connectivity index (χ2v) is 2.19. The Bertz CT molecular complexity index is 389. The van der Waals surface area contributed by atoms with Crippen LogP contribution in [0.25, 0.3) is 11.7 Å². The number of nitrogens with zero attached hydrogens (tertiary/aromatic N) is 3. The summed E-state index contributed by atoms with van der Waals surface area (Å²) in [6.07, 6.45) is 7.02. The van der Waals surface area contributed by atoms with Crippen LogP contribution in [0, 0.1) is 0 Å². The molecule has 0 aromatic carbocycles. The van der Waals surface area contributed by atoms with Gasteiger partial charge in [0.05, 0.1) is 0 Å². The van der Waals surface area contributed by atoms with E-state index in [-0.39, 0.29) is 0 Å². The van der Waals surface area contributed by atoms with Crippen LogP contribution in [-0.2, 0) is 0 Å². The molecule has 54 valence electrons. The summed E-state index contributed by atoms with van der Waals surface area (Å²) in [6.45, 7) is 3.68. The second-order valence-electron chi connectivity index (χ2n) is 2.19. The molecule has 0 radical (unpaired) electrons. The van der Waals surface area contributed by atoms with Crippen molar-refractivity contribution in [3.63, 3.8) is 0 Å². The van der Waals surface area contributed by atoms with E-state index in [1.54, 1.807) is 23.0 Å². The van der Waals surface area contributed by atoms with Crippen LogP contribution < -0.4 is 0 Å². The average Bonchev–Trinajstić information content (AvgIpc) is 2.50. The fraction of sp³-hybridized carbons (Fsp3) is 0. The second kappa shape index (κ2) is 2.20. The Morgan fingerprint density at radius 3 is 3.18 bits per heavy atom. The molecular formula is C8H7N3. The first-order chi connectivity index (χ1) is 5.42. The molecule has 0 N–H and O–H groups in total. The fourth-order valence-corrected chi connectivity index (χ4v) is 1.02. The molecule has 2 rings (SSSR count). The lowest BCUT2D eigenvalue weighted by Gasteiger charge is -1.94. The molecule has 3 heteroatoms. The predicted molar refractivity (Wildman–Crippen MR) is 43.1 cm³/mol. The SMILES string of the molecule is C=Cc1ccnn2ccnc12. The zero-order valence-electron chi connectivity index (χ0n) is 5.94. The van der Waals surface area contributed by atoms with Gasteiger partial charge in [-0.1, -0.05) is 12.7 Å². The van der Waals surface area contributed by atoms with Gasteiger partial charge in [-0.2, -0.15) is 5.10 Å². The standard InChI is InChI=1S/C8H7N3/c1-2-7-3-4-10-11-6-5-9-8(7)11/h2-6H,1H2. The van der Waals surface area contributed by atoms with Crippen LogP contribution in [-0.4, -0.2) is 14.6 Å². The first-order valence-corrected chi connectivity index (χ1v) is 3.32. The number of rotatable bonds is 1. The third kappa shape index (κ3) is 0.816. The van der Waals surface area contributed by atoms with Gasteiger partial charge < -0.3 is 0 Å². The van der Waals surface area contributed by atoms with Crippen molar-refractivity contribution in [3.8, 4) is 0 Å². The highest BCUT2D eigenvalue weighted by Gasteiger charge is 1.96. The molecule has 0 aliphatic heterocycles. The van der Waals surface area contributed by atoms with Crippen molar-refractivity contribution in [2.24, 2.45) is 0 Å². The van der Waals surface area contributed by atoms with Gasteiger partial charge >= 0.3 is 0 Å². The van der Waals surface area contributed by atoms with Crippen LogP contribution in [0.4, 0.5) is 0 Å². The van der Waals surface area contributed by atoms with Gasteiger partial charge in [-0.3, -0.25) is 0 Å². The zero-order valence-corrected chi connectivity index (χ0v) is 5.94. The van der Waals surface area contributed by atoms with Crippen molar-refractivity contribution in [2.75, 3.05) is 0 Å². The lowest BCUT2D eigenvalue weighted by molar-refractivity contribution is 0.934. The van der Waals surface area contributed by atoms with Crippen LogP contribution in [0.3, 0.4) is 0 Å². The molecule has 0 bridgehead atoms. The third-order valence-corrected chi connectivity index (χ3v) is 1.54. The zero-order chi connectivity index (χ0) is 7.68. The molecular weight excluding hydrogens is 138 g/mol. The van der Waals surface area contributed by atoms with E-state index in [1.807, 2.05) is 12.3 Å². The molecule has 2 aromatic heterocycles. The molecule has 0 spiro atoms. The van der Waals surface area contributed by atoms with Gasteiger partial charge in [0.1, 0.15) is 0 Å². The summed E-state index contributed by atoms with van der Waals surface area (Å²) in [4.78, 5) is 4.12. The highest BCUT2D eigenvalue weighted by Crippen LogP contribution is 2.06. The van der Waals surface area contributed by atoms with Crippen molar-refractivity contribution >= 4 is 11.7 Å². The predicted octanol–water partition coefficient (Wildman–Crippen LogP) is 1.37. The number of hydrogen-bond acceptors (Lipinski definition) is 2. The maximum Gasteiger partial charge on any atom is 0.160 e. The summed E-state index contributed by atoms with van der Waals surface area (Å²) < 4.78 is 1.72. The molecule has 11 heavy (non-hydrogen) atoms. The summed E-state index contributed by atoms with van der Waals surface area (Å²) in [7, 11) is 0. The van der Waals surface area contributed by atoms with Gasteiger partial charge in [0.2, 0.25) is 0 Å². The monoisotopic (exact) mass is 145 g/mol. The summed E-state index contributed by atoms with van der Waals surface area (Å²) in [5.41, 5.74) is 1.85. The minimum absolute atomic E-state index is 0.850. The van der Waals surface area contributed by atoms with E-state index in [0.717, 1.165) is 11.2 Å². The van der Waals surface area contributed by atoms with E-state index >= 15 is 0 Å². The van der Waals surface area contributed by atoms with Gasteiger partial charge in [0.25, 0.3) is 0 Å². The number of hydrogen-bond donors (Lipinski definition) is 0. The highest BCUT2D eigenvalue weighted by atomic mass is 15.2. The lowest BCUT2D eigenvalue weighted by atomic mass is 10.3. The first kappa shape index (κ1) is 6.09. The minimum Gasteiger partial charge on any atom is -0.235 e. The maximum absolute atomic E-state index is 4.12. The maximum atomic E-state index is 4.12. The van der Waals surface area contributed by atoms with E-state index in [9.17, 15) is 0 Å². The van der Waals surface area contributed by atoms with E-state index in [0.29, 0.717) is 0 Å². The molecule has 0 saturated carbocycles. The molecule has 0 atom stereocenters. The lowest BCUT2D eigenvalue weighted by Crippen LogP contribution is -1.90. The summed E-state index contributed by atoms with van der Waals surface area (Å²) in [5, 5.41) is 4.06. The summed E-state index contributed by atoms with van der Waals surface area (Å²) in [6, 6.07) is 1.88. The van der Waals surface area contributed by atoms with Gasteiger partial charge in [0.15, 0.2) is 5.65 Å². The van der Waals surface area contributed by atoms with Crippen molar-refractivity contribution in [3.05, 3.63) is 36.8 Å². The fourth-order valence-electron chi connectivity index (χ4n) is 1.02. The number of fused-ring (bicyclic) bond motifs is 1. The minimum atomic E-state index is 0.850. The average molecular weight is 145 g/mol. The van der Waals surface area contributed by atoms with E-state index in [1.165, 1.54) is 0 Å². The molecule has 3 nitrogen and oxygen atoms in total. The molecule has 2 heterocycles. The van der Waals surface area contributed by atoms with Crippen LogP contribution >= 0.6 is 0 Å². The first-order valence-electron chi connectivity index (χ1n) is 3.32. The topological polar surface area (TPSA) is 30.2 Å². The Morgan fingerprint density at radius 2 is 2.36 bits per heavy atom. The molecule has 0 unspecified atom stereocenters. The molecule has 0 amide bonds. The molecule has 0 aliphatic rings. The smallest absolute Gasteiger partial charge is 0.160 e. The van der Waals surface area contributed by atoms with Crippen LogP contribution in [0.15, 0.2) is 31.2 Å². The van der Waals surface area contributed by atoms with Crippen molar-refractivity contribution in [2.45, 2.75) is 0 Å². The van der Waals surface area contributed by atoms with Crippen LogP contribution in [0.1, 0.15) is 5.56 Å². The van der Waals surface area contributed by atoms with Gasteiger partial charge in [-0.15, -0.1) is 0 Å². The van der Waals surface area contributed by atoms with E-state index in [4.69, 9.17) is 0 Å². The quantitative estimate of drug-likeness (QED) is 0.606. The van der Waals surface area contributed by atoms with E-state index < -0.39 is 0 Å². The van der Waals surface area contributed by atoms with Crippen LogP contribution in [0.5, 0.6) is 0 Å². The molecule has 0 fully saturated rings. The highest BCUT2D eigenvalue weighted by molar-refractivity contribution is 5.63. The van der Waals surface area contributed by atoms with Crippen molar-refractivity contribution < 1.29 is 0 Å². The number of imidazole rings is 1. The summed E-state index contributed by atoms with van der Waals surface area (Å²) >= 11 is 0. The van der Waals surface area contributed by atoms with E-state index in [2.05, 4.69) is 16.7 Å². The Labute approximate surface area is 64.0 Å². The molecule has 2 aromatic rings. The van der Waals surface area contributed by atoms with Crippen molar-refractivity contribution in [1.29, 1.82) is 0 Å². The third-order valence-electron chi connectivity index (χ3n) is 1.54. The Kier molecular flexibility index (Phi) is 1.22. The van der Waals surface area contributed by atoms with Gasteiger partial charge in [-0.25, -0.2) is 9.50 Å². The van der Waals surface area contributed by atoms with Gasteiger partial charge in [-0.05, 0) is 6.07 Å². The molecule has 0 saturated heterocycles. The van der Waals surface area contributed by atoms with Crippen molar-refractivity contribution in [1.82, 2.24) is 14.6 Å². The largest absolute Gasteiger partial charge is 0.235 e. The Balaban J connectivity index is 2.88.